The molecule has 0 saturated carbocycles. The Labute approximate surface area is 175 Å². The highest BCUT2D eigenvalue weighted by Gasteiger charge is 2.21. The van der Waals surface area contributed by atoms with Gasteiger partial charge in [-0.3, -0.25) is 9.59 Å². The van der Waals surface area contributed by atoms with Gasteiger partial charge >= 0.3 is 5.97 Å². The van der Waals surface area contributed by atoms with Crippen LogP contribution in [0.25, 0.3) is 21.7 Å². The maximum absolute atomic E-state index is 13.7. The number of aromatic nitrogens is 1. The van der Waals surface area contributed by atoms with E-state index in [1.54, 1.807) is 0 Å². The standard InChI is InChI=1S/C26H25NO3/c28-24(29)17-4-2-1-3-16-23-25(21-13-7-8-15-22(21)27-23)26(30)20-14-9-11-18-10-5-6-12-19(18)20/h5-15,27H,1-4,16-17H2,(H,28,29). The Morgan fingerprint density at radius 1 is 0.767 bits per heavy atom. The predicted octanol–water partition coefficient (Wildman–Crippen LogP) is 6.13. The third-order valence-electron chi connectivity index (χ3n) is 5.61. The first-order valence-corrected chi connectivity index (χ1v) is 10.5. The van der Waals surface area contributed by atoms with Gasteiger partial charge in [-0.25, -0.2) is 0 Å². The van der Waals surface area contributed by atoms with Crippen LogP contribution in [-0.4, -0.2) is 21.8 Å². The van der Waals surface area contributed by atoms with Gasteiger partial charge in [-0.1, -0.05) is 73.5 Å². The maximum atomic E-state index is 13.7. The van der Waals surface area contributed by atoms with Gasteiger partial charge in [0.25, 0.3) is 0 Å². The summed E-state index contributed by atoms with van der Waals surface area (Å²) in [4.78, 5) is 27.8. The molecule has 0 radical (unpaired) electrons. The number of aliphatic carboxylic acids is 1. The largest absolute Gasteiger partial charge is 0.481 e. The van der Waals surface area contributed by atoms with Gasteiger partial charge in [0, 0.05) is 28.6 Å². The molecule has 0 atom stereocenters. The fourth-order valence-corrected chi connectivity index (χ4v) is 4.13. The summed E-state index contributed by atoms with van der Waals surface area (Å²) in [5.41, 5.74) is 3.42. The average Bonchev–Trinajstić information content (AvgIpc) is 3.13. The summed E-state index contributed by atoms with van der Waals surface area (Å²) in [7, 11) is 0. The molecule has 4 heteroatoms. The first-order chi connectivity index (χ1) is 14.6. The lowest BCUT2D eigenvalue weighted by molar-refractivity contribution is -0.137. The molecular weight excluding hydrogens is 374 g/mol. The number of hydrogen-bond acceptors (Lipinski definition) is 2. The first-order valence-electron chi connectivity index (χ1n) is 10.5. The van der Waals surface area contributed by atoms with E-state index in [4.69, 9.17) is 5.11 Å². The van der Waals surface area contributed by atoms with Crippen molar-refractivity contribution in [3.8, 4) is 0 Å². The number of ketones is 1. The SMILES string of the molecule is O=C(O)CCCCCCc1[nH]c2ccccc2c1C(=O)c1cccc2ccccc12. The maximum Gasteiger partial charge on any atom is 0.303 e. The smallest absolute Gasteiger partial charge is 0.303 e. The Morgan fingerprint density at radius 3 is 2.30 bits per heavy atom. The van der Waals surface area contributed by atoms with E-state index in [-0.39, 0.29) is 12.2 Å². The number of carboxylic acids is 1. The van der Waals surface area contributed by atoms with E-state index in [0.717, 1.165) is 64.2 Å². The molecule has 0 saturated heterocycles. The van der Waals surface area contributed by atoms with E-state index in [0.29, 0.717) is 6.42 Å². The van der Waals surface area contributed by atoms with E-state index >= 15 is 0 Å². The normalized spacial score (nSPS) is 11.2. The molecule has 152 valence electrons. The van der Waals surface area contributed by atoms with Crippen molar-refractivity contribution in [2.24, 2.45) is 0 Å². The van der Waals surface area contributed by atoms with Crippen LogP contribution >= 0.6 is 0 Å². The van der Waals surface area contributed by atoms with E-state index in [1.807, 2.05) is 66.7 Å². The number of benzene rings is 3. The minimum atomic E-state index is -0.742. The number of hydrogen-bond donors (Lipinski definition) is 2. The van der Waals surface area contributed by atoms with Gasteiger partial charge in [0.2, 0.25) is 0 Å². The highest BCUT2D eigenvalue weighted by molar-refractivity contribution is 6.22. The summed E-state index contributed by atoms with van der Waals surface area (Å²) >= 11 is 0. The van der Waals surface area contributed by atoms with E-state index in [1.165, 1.54) is 0 Å². The molecular formula is C26H25NO3. The van der Waals surface area contributed by atoms with Crippen molar-refractivity contribution in [3.63, 3.8) is 0 Å². The van der Waals surface area contributed by atoms with E-state index < -0.39 is 5.97 Å². The van der Waals surface area contributed by atoms with Gasteiger partial charge in [0.05, 0.1) is 5.56 Å². The molecule has 2 N–H and O–H groups in total. The second-order valence-electron chi connectivity index (χ2n) is 7.69. The molecule has 1 heterocycles. The molecule has 0 bridgehead atoms. The van der Waals surface area contributed by atoms with E-state index in [2.05, 4.69) is 4.98 Å². The summed E-state index contributed by atoms with van der Waals surface area (Å²) in [6, 6.07) is 21.8. The van der Waals surface area contributed by atoms with Crippen molar-refractivity contribution in [3.05, 3.63) is 83.6 Å². The number of para-hydroxylation sites is 1. The van der Waals surface area contributed by atoms with Crippen LogP contribution in [0, 0.1) is 0 Å². The Morgan fingerprint density at radius 2 is 1.47 bits per heavy atom. The quantitative estimate of drug-likeness (QED) is 0.263. The Balaban J connectivity index is 1.63. The summed E-state index contributed by atoms with van der Waals surface area (Å²) in [5, 5.41) is 11.7. The Kier molecular flexibility index (Phi) is 5.94. The fourth-order valence-electron chi connectivity index (χ4n) is 4.13. The third kappa shape index (κ3) is 4.13. The van der Waals surface area contributed by atoms with Crippen molar-refractivity contribution in [2.45, 2.75) is 38.5 Å². The molecule has 30 heavy (non-hydrogen) atoms. The van der Waals surface area contributed by atoms with Crippen LogP contribution in [-0.2, 0) is 11.2 Å². The summed E-state index contributed by atoms with van der Waals surface area (Å²) in [6.07, 6.45) is 4.44. The zero-order valence-corrected chi connectivity index (χ0v) is 16.9. The number of fused-ring (bicyclic) bond motifs is 2. The number of rotatable bonds is 9. The van der Waals surface area contributed by atoms with Crippen molar-refractivity contribution < 1.29 is 14.7 Å². The van der Waals surface area contributed by atoms with Crippen LogP contribution in [0.5, 0.6) is 0 Å². The monoisotopic (exact) mass is 399 g/mol. The van der Waals surface area contributed by atoms with Crippen LogP contribution in [0.3, 0.4) is 0 Å². The van der Waals surface area contributed by atoms with Crippen LogP contribution in [0.1, 0.15) is 53.7 Å². The third-order valence-corrected chi connectivity index (χ3v) is 5.61. The number of carbonyl (C=O) groups excluding carboxylic acids is 1. The molecule has 4 rings (SSSR count). The highest BCUT2D eigenvalue weighted by atomic mass is 16.4. The van der Waals surface area contributed by atoms with Crippen LogP contribution in [0.4, 0.5) is 0 Å². The van der Waals surface area contributed by atoms with Gasteiger partial charge in [-0.05, 0) is 36.1 Å². The number of H-pyrrole nitrogens is 1. The van der Waals surface area contributed by atoms with Crippen LogP contribution < -0.4 is 0 Å². The van der Waals surface area contributed by atoms with Crippen molar-refractivity contribution in [1.82, 2.24) is 4.98 Å². The van der Waals surface area contributed by atoms with E-state index in [9.17, 15) is 9.59 Å². The van der Waals surface area contributed by atoms with Crippen molar-refractivity contribution >= 4 is 33.4 Å². The summed E-state index contributed by atoms with van der Waals surface area (Å²) < 4.78 is 0. The lowest BCUT2D eigenvalue weighted by Crippen LogP contribution is -2.05. The number of unbranched alkanes of at least 4 members (excludes halogenated alkanes) is 3. The van der Waals surface area contributed by atoms with Crippen LogP contribution in [0.15, 0.2) is 66.7 Å². The molecule has 3 aromatic carbocycles. The first kappa shape index (κ1) is 19.9. The minimum Gasteiger partial charge on any atom is -0.481 e. The predicted molar refractivity (Wildman–Crippen MR) is 120 cm³/mol. The average molecular weight is 399 g/mol. The summed E-state index contributed by atoms with van der Waals surface area (Å²) in [5.74, 6) is -0.696. The zero-order valence-electron chi connectivity index (χ0n) is 16.9. The molecule has 4 aromatic rings. The minimum absolute atomic E-state index is 0.0464. The molecule has 1 aromatic heterocycles. The number of aryl methyl sites for hydroxylation is 1. The number of aromatic amines is 1. The second-order valence-corrected chi connectivity index (χ2v) is 7.69. The fraction of sp³-hybridized carbons (Fsp3) is 0.231. The highest BCUT2D eigenvalue weighted by Crippen LogP contribution is 2.29. The molecule has 0 fully saturated rings. The van der Waals surface area contributed by atoms with Gasteiger partial charge < -0.3 is 10.1 Å². The number of nitrogens with one attached hydrogen (secondary N) is 1. The molecule has 0 spiro atoms. The number of carbonyl (C=O) groups is 2. The van der Waals surface area contributed by atoms with Gasteiger partial charge in [0.1, 0.15) is 0 Å². The zero-order chi connectivity index (χ0) is 20.9. The molecule has 4 nitrogen and oxygen atoms in total. The Hall–Kier alpha value is -3.40. The molecule has 0 unspecified atom stereocenters. The molecule has 0 aliphatic heterocycles. The lowest BCUT2D eigenvalue weighted by atomic mass is 9.94. The Bertz CT molecular complexity index is 1200. The molecule has 0 aliphatic carbocycles. The molecule has 0 amide bonds. The van der Waals surface area contributed by atoms with Gasteiger partial charge in [-0.15, -0.1) is 0 Å². The topological polar surface area (TPSA) is 70.2 Å². The second kappa shape index (κ2) is 8.95. The van der Waals surface area contributed by atoms with Crippen LogP contribution in [0.2, 0.25) is 0 Å². The van der Waals surface area contributed by atoms with Crippen molar-refractivity contribution in [1.29, 1.82) is 0 Å². The molecule has 0 aliphatic rings. The number of carboxylic acid groups (broad SMARTS) is 1. The van der Waals surface area contributed by atoms with Gasteiger partial charge in [0.15, 0.2) is 5.78 Å². The van der Waals surface area contributed by atoms with Gasteiger partial charge in [-0.2, -0.15) is 0 Å². The van der Waals surface area contributed by atoms with Crippen molar-refractivity contribution in [2.75, 3.05) is 0 Å². The lowest BCUT2D eigenvalue weighted by Gasteiger charge is -2.08. The summed E-state index contributed by atoms with van der Waals surface area (Å²) in [6.45, 7) is 0.